The molecule has 53 heavy (non-hydrogen) atoms. The van der Waals surface area contributed by atoms with Crippen molar-refractivity contribution in [2.45, 2.75) is 19.3 Å². The first-order chi connectivity index (χ1) is 26.0. The Morgan fingerprint density at radius 1 is 0.491 bits per heavy atom. The van der Waals surface area contributed by atoms with Gasteiger partial charge in [-0.3, -0.25) is 0 Å². The topological polar surface area (TPSA) is 43.9 Å². The van der Waals surface area contributed by atoms with Gasteiger partial charge in [0.1, 0.15) is 11.2 Å². The maximum absolute atomic E-state index is 6.26. The lowest BCUT2D eigenvalue weighted by atomic mass is 9.82. The van der Waals surface area contributed by atoms with Crippen molar-refractivity contribution in [3.05, 3.63) is 175 Å². The van der Waals surface area contributed by atoms with E-state index in [2.05, 4.69) is 146 Å². The van der Waals surface area contributed by atoms with Gasteiger partial charge >= 0.3 is 0 Å². The Morgan fingerprint density at radius 3 is 2.02 bits per heavy atom. The summed E-state index contributed by atoms with van der Waals surface area (Å²) >= 11 is 0. The largest absolute Gasteiger partial charge is 0.456 e. The van der Waals surface area contributed by atoms with E-state index < -0.39 is 0 Å². The summed E-state index contributed by atoms with van der Waals surface area (Å²) in [6.45, 7) is 4.69. The van der Waals surface area contributed by atoms with Gasteiger partial charge in [-0.05, 0) is 82.9 Å². The second kappa shape index (κ2) is 11.1. The Morgan fingerprint density at radius 2 is 1.17 bits per heavy atom. The molecule has 4 heteroatoms. The predicted molar refractivity (Wildman–Crippen MR) is 218 cm³/mol. The summed E-state index contributed by atoms with van der Waals surface area (Å²) in [5, 5.41) is 4.79. The second-order valence-electron chi connectivity index (χ2n) is 14.6. The standard InChI is InChI=1S/C49H33N3O/c1-49(2)38-17-9-6-15-36(38)46-39(49)26-27-43-47(46)37-16-7-10-18-42(37)52(43)33-23-20-31(21-24-33)48-50-40(30-12-4-3-5-13-30)29-41(51-48)32-22-25-35-34-14-8-11-19-44(34)53-45(35)28-32/h3-29H,1-2H3. The highest BCUT2D eigenvalue weighted by Crippen LogP contribution is 2.53. The van der Waals surface area contributed by atoms with Gasteiger partial charge < -0.3 is 8.98 Å². The van der Waals surface area contributed by atoms with E-state index in [-0.39, 0.29) is 5.41 Å². The molecular formula is C49H33N3O. The third kappa shape index (κ3) is 4.42. The summed E-state index contributed by atoms with van der Waals surface area (Å²) in [6.07, 6.45) is 0. The Balaban J connectivity index is 1.06. The molecule has 10 aromatic rings. The van der Waals surface area contributed by atoms with E-state index in [1.807, 2.05) is 36.4 Å². The molecule has 11 rings (SSSR count). The summed E-state index contributed by atoms with van der Waals surface area (Å²) in [5.41, 5.74) is 15.3. The van der Waals surface area contributed by atoms with Crippen LogP contribution in [0.5, 0.6) is 0 Å². The van der Waals surface area contributed by atoms with Crippen LogP contribution < -0.4 is 0 Å². The smallest absolute Gasteiger partial charge is 0.160 e. The van der Waals surface area contributed by atoms with E-state index in [4.69, 9.17) is 14.4 Å². The van der Waals surface area contributed by atoms with E-state index in [0.29, 0.717) is 5.82 Å². The van der Waals surface area contributed by atoms with Crippen molar-refractivity contribution < 1.29 is 4.42 Å². The maximum Gasteiger partial charge on any atom is 0.160 e. The van der Waals surface area contributed by atoms with Crippen LogP contribution in [-0.2, 0) is 5.41 Å². The average Bonchev–Trinajstić information content (AvgIpc) is 3.83. The first kappa shape index (κ1) is 29.9. The quantitative estimate of drug-likeness (QED) is 0.186. The summed E-state index contributed by atoms with van der Waals surface area (Å²) in [6, 6.07) is 58.0. The molecule has 0 unspecified atom stereocenters. The van der Waals surface area contributed by atoms with Crippen molar-refractivity contribution in [3.63, 3.8) is 0 Å². The minimum absolute atomic E-state index is 0.0596. The molecule has 1 aliphatic carbocycles. The zero-order chi connectivity index (χ0) is 35.3. The number of hydrogen-bond acceptors (Lipinski definition) is 3. The summed E-state index contributed by atoms with van der Waals surface area (Å²) in [4.78, 5) is 10.3. The molecule has 0 saturated heterocycles. The molecule has 7 aromatic carbocycles. The van der Waals surface area contributed by atoms with Crippen molar-refractivity contribution >= 4 is 43.7 Å². The fourth-order valence-corrected chi connectivity index (χ4v) is 8.66. The lowest BCUT2D eigenvalue weighted by Crippen LogP contribution is -2.14. The van der Waals surface area contributed by atoms with Crippen LogP contribution in [0.25, 0.3) is 94.5 Å². The molecule has 0 spiro atoms. The number of fused-ring (bicyclic) bond motifs is 10. The Labute approximate surface area is 306 Å². The second-order valence-corrected chi connectivity index (χ2v) is 14.6. The lowest BCUT2D eigenvalue weighted by molar-refractivity contribution is 0.661. The van der Waals surface area contributed by atoms with Crippen LogP contribution in [0.3, 0.4) is 0 Å². The molecule has 0 saturated carbocycles. The highest BCUT2D eigenvalue weighted by atomic mass is 16.3. The number of benzene rings is 7. The molecule has 0 amide bonds. The van der Waals surface area contributed by atoms with Crippen LogP contribution in [0.15, 0.2) is 168 Å². The van der Waals surface area contributed by atoms with Gasteiger partial charge in [0.2, 0.25) is 0 Å². The predicted octanol–water partition coefficient (Wildman–Crippen LogP) is 12.8. The highest BCUT2D eigenvalue weighted by molar-refractivity contribution is 6.18. The Kier molecular flexibility index (Phi) is 6.27. The van der Waals surface area contributed by atoms with Gasteiger partial charge in [-0.15, -0.1) is 0 Å². The van der Waals surface area contributed by atoms with E-state index in [9.17, 15) is 0 Å². The van der Waals surface area contributed by atoms with Gasteiger partial charge in [0.15, 0.2) is 5.82 Å². The lowest BCUT2D eigenvalue weighted by Gasteiger charge is -2.21. The fourth-order valence-electron chi connectivity index (χ4n) is 8.66. The number of furan rings is 1. The first-order valence-electron chi connectivity index (χ1n) is 18.2. The molecule has 0 atom stereocenters. The van der Waals surface area contributed by atoms with Crippen molar-refractivity contribution in [2.75, 3.05) is 0 Å². The third-order valence-corrected chi connectivity index (χ3v) is 11.2. The monoisotopic (exact) mass is 679 g/mol. The molecule has 3 heterocycles. The van der Waals surface area contributed by atoms with Crippen LogP contribution in [0, 0.1) is 0 Å². The van der Waals surface area contributed by atoms with Gasteiger partial charge in [0, 0.05) is 49.3 Å². The van der Waals surface area contributed by atoms with Crippen molar-refractivity contribution in [1.82, 2.24) is 14.5 Å². The Hall–Kier alpha value is -6.78. The van der Waals surface area contributed by atoms with Crippen LogP contribution in [0.4, 0.5) is 0 Å². The molecule has 0 radical (unpaired) electrons. The van der Waals surface area contributed by atoms with Crippen molar-refractivity contribution in [3.8, 4) is 50.7 Å². The fraction of sp³-hybridized carbons (Fsp3) is 0.0612. The van der Waals surface area contributed by atoms with Crippen molar-refractivity contribution in [1.29, 1.82) is 0 Å². The van der Waals surface area contributed by atoms with Gasteiger partial charge in [0.05, 0.1) is 22.4 Å². The molecule has 0 bridgehead atoms. The maximum atomic E-state index is 6.26. The molecule has 1 aliphatic rings. The van der Waals surface area contributed by atoms with Crippen LogP contribution in [0.2, 0.25) is 0 Å². The molecular weight excluding hydrogens is 647 g/mol. The zero-order valence-corrected chi connectivity index (χ0v) is 29.3. The number of para-hydroxylation sites is 2. The highest BCUT2D eigenvalue weighted by Gasteiger charge is 2.37. The number of aromatic nitrogens is 3. The normalized spacial score (nSPS) is 13.2. The van der Waals surface area contributed by atoms with Gasteiger partial charge in [0.25, 0.3) is 0 Å². The minimum atomic E-state index is -0.0596. The first-order valence-corrected chi connectivity index (χ1v) is 18.2. The number of nitrogens with zero attached hydrogens (tertiary/aromatic N) is 3. The molecule has 250 valence electrons. The molecule has 3 aromatic heterocycles. The third-order valence-electron chi connectivity index (χ3n) is 11.2. The minimum Gasteiger partial charge on any atom is -0.456 e. The van der Waals surface area contributed by atoms with E-state index >= 15 is 0 Å². The average molecular weight is 680 g/mol. The zero-order valence-electron chi connectivity index (χ0n) is 29.3. The van der Waals surface area contributed by atoms with Crippen LogP contribution >= 0.6 is 0 Å². The molecule has 0 fully saturated rings. The van der Waals surface area contributed by atoms with E-state index in [1.54, 1.807) is 0 Å². The van der Waals surface area contributed by atoms with Gasteiger partial charge in [-0.2, -0.15) is 0 Å². The molecule has 0 aliphatic heterocycles. The van der Waals surface area contributed by atoms with Gasteiger partial charge in [-0.25, -0.2) is 9.97 Å². The van der Waals surface area contributed by atoms with Crippen LogP contribution in [-0.4, -0.2) is 14.5 Å². The van der Waals surface area contributed by atoms with Crippen molar-refractivity contribution in [2.24, 2.45) is 0 Å². The van der Waals surface area contributed by atoms with E-state index in [0.717, 1.165) is 55.7 Å². The van der Waals surface area contributed by atoms with Crippen LogP contribution in [0.1, 0.15) is 25.0 Å². The summed E-state index contributed by atoms with van der Waals surface area (Å²) in [5.74, 6) is 0.677. The summed E-state index contributed by atoms with van der Waals surface area (Å²) in [7, 11) is 0. The van der Waals surface area contributed by atoms with Gasteiger partial charge in [-0.1, -0.05) is 117 Å². The number of hydrogen-bond donors (Lipinski definition) is 0. The number of rotatable bonds is 4. The summed E-state index contributed by atoms with van der Waals surface area (Å²) < 4.78 is 8.66. The van der Waals surface area contributed by atoms with E-state index in [1.165, 1.54) is 44.1 Å². The SMILES string of the molecule is CC1(C)c2ccccc2-c2c1ccc1c2c2ccccc2n1-c1ccc(-c2nc(-c3ccccc3)cc(-c3ccc4c(c3)oc3ccccc34)n2)cc1. The molecule has 0 N–H and O–H groups in total. The Bertz CT molecular complexity index is 3080. The molecule has 4 nitrogen and oxygen atoms in total.